The lowest BCUT2D eigenvalue weighted by Crippen LogP contribution is -2.30. The molecule has 0 aromatic rings. The predicted molar refractivity (Wildman–Crippen MR) is 308 cm³/mol. The Hall–Kier alpha value is -1.94. The number of ether oxygens (including phenoxy) is 4. The van der Waals surface area contributed by atoms with Gasteiger partial charge in [0.25, 0.3) is 0 Å². The van der Waals surface area contributed by atoms with Crippen molar-refractivity contribution >= 4 is 39.5 Å². The van der Waals surface area contributed by atoms with Crippen LogP contribution in [-0.2, 0) is 65.4 Å². The van der Waals surface area contributed by atoms with Gasteiger partial charge in [0.05, 0.1) is 26.4 Å². The Kier molecular flexibility index (Phi) is 51.8. The van der Waals surface area contributed by atoms with Crippen molar-refractivity contribution < 1.29 is 80.2 Å². The number of aliphatic hydroxyl groups is 1. The molecule has 3 N–H and O–H groups in total. The third-order valence-corrected chi connectivity index (χ3v) is 15.4. The first-order chi connectivity index (χ1) is 37.5. The zero-order valence-corrected chi connectivity index (χ0v) is 51.6. The van der Waals surface area contributed by atoms with Gasteiger partial charge in [-0.1, -0.05) is 240 Å². The van der Waals surface area contributed by atoms with Crippen LogP contribution in [0.5, 0.6) is 0 Å². The summed E-state index contributed by atoms with van der Waals surface area (Å²) in [7, 11) is -9.86. The summed E-state index contributed by atoms with van der Waals surface area (Å²) in [6.07, 6.45) is 35.4. The van der Waals surface area contributed by atoms with Crippen molar-refractivity contribution in [1.82, 2.24) is 0 Å². The third-order valence-electron chi connectivity index (χ3n) is 13.5. The summed E-state index contributed by atoms with van der Waals surface area (Å²) in [5.74, 6) is -1.36. The van der Waals surface area contributed by atoms with Gasteiger partial charge in [-0.05, 0) is 31.6 Å². The largest absolute Gasteiger partial charge is 0.472 e. The quantitative estimate of drug-likeness (QED) is 0.0222. The second kappa shape index (κ2) is 53.1. The van der Waals surface area contributed by atoms with E-state index in [0.717, 1.165) is 115 Å². The monoisotopic (exact) mass is 1160 g/mol. The first-order valence-corrected chi connectivity index (χ1v) is 34.1. The zero-order chi connectivity index (χ0) is 57.8. The number of carbonyl (C=O) groups is 4. The second-order valence-corrected chi connectivity index (χ2v) is 24.8. The molecule has 0 fully saturated rings. The Labute approximate surface area is 473 Å². The molecule has 0 spiro atoms. The third kappa shape index (κ3) is 53.4. The molecular weight excluding hydrogens is 1040 g/mol. The van der Waals surface area contributed by atoms with Crippen LogP contribution in [0.1, 0.15) is 291 Å². The Morgan fingerprint density at radius 1 is 0.346 bits per heavy atom. The Morgan fingerprint density at radius 3 is 0.872 bits per heavy atom. The molecule has 0 aliphatic rings. The molecule has 0 aromatic carbocycles. The Morgan fingerprint density at radius 2 is 0.590 bits per heavy atom. The molecule has 0 amide bonds. The standard InChI is InChI=1S/C59H114O17P2/c1-6-9-12-15-17-24-29-33-38-43-57(62)70-49-55(76-59(64)45-40-35-30-26-23-21-19-18-20-22-25-28-32-36-41-52(4)5)51-74-78(67,68)72-47-53(60)46-71-77(65,66)73-50-54(48-69-56(61)42-37-31-14-11-8-3)75-58(63)44-39-34-27-16-13-10-7-2/h52-55,60H,6-51H2,1-5H3,(H,65,66)(H,67,68)/t53-,54+,55+/m0/s1. The fourth-order valence-electron chi connectivity index (χ4n) is 8.70. The Balaban J connectivity index is 5.11. The highest BCUT2D eigenvalue weighted by Gasteiger charge is 2.30. The summed E-state index contributed by atoms with van der Waals surface area (Å²) >= 11 is 0. The molecule has 0 radical (unpaired) electrons. The maximum atomic E-state index is 12.9. The highest BCUT2D eigenvalue weighted by atomic mass is 31.2. The molecule has 462 valence electrons. The van der Waals surface area contributed by atoms with Gasteiger partial charge < -0.3 is 33.8 Å². The Bertz CT molecular complexity index is 1530. The fraction of sp³-hybridized carbons (Fsp3) is 0.932. The van der Waals surface area contributed by atoms with Gasteiger partial charge in [0.2, 0.25) is 0 Å². The minimum Gasteiger partial charge on any atom is -0.462 e. The predicted octanol–water partition coefficient (Wildman–Crippen LogP) is 15.8. The molecule has 0 aliphatic heterocycles. The second-order valence-electron chi connectivity index (χ2n) is 21.9. The molecule has 0 aromatic heterocycles. The van der Waals surface area contributed by atoms with Crippen LogP contribution < -0.4 is 0 Å². The van der Waals surface area contributed by atoms with Crippen molar-refractivity contribution in [3.05, 3.63) is 0 Å². The van der Waals surface area contributed by atoms with Crippen molar-refractivity contribution in [3.63, 3.8) is 0 Å². The molecule has 0 heterocycles. The molecule has 0 aliphatic carbocycles. The van der Waals surface area contributed by atoms with Crippen LogP contribution in [0.15, 0.2) is 0 Å². The average Bonchev–Trinajstić information content (AvgIpc) is 3.40. The number of aliphatic hydroxyl groups excluding tert-OH is 1. The van der Waals surface area contributed by atoms with Gasteiger partial charge in [-0.2, -0.15) is 0 Å². The molecule has 0 rings (SSSR count). The summed E-state index contributed by atoms with van der Waals surface area (Å²) < 4.78 is 67.4. The molecule has 0 bridgehead atoms. The number of unbranched alkanes of at least 4 members (excludes halogenated alkanes) is 31. The van der Waals surface area contributed by atoms with Crippen molar-refractivity contribution in [2.45, 2.75) is 310 Å². The smallest absolute Gasteiger partial charge is 0.462 e. The minimum absolute atomic E-state index is 0.103. The molecule has 5 atom stereocenters. The zero-order valence-electron chi connectivity index (χ0n) is 49.8. The number of rotatable bonds is 59. The van der Waals surface area contributed by atoms with Crippen LogP contribution in [0.25, 0.3) is 0 Å². The number of hydrogen-bond acceptors (Lipinski definition) is 15. The van der Waals surface area contributed by atoms with E-state index in [0.29, 0.717) is 25.7 Å². The van der Waals surface area contributed by atoms with E-state index in [4.69, 9.17) is 37.0 Å². The number of phosphoric ester groups is 2. The van der Waals surface area contributed by atoms with Gasteiger partial charge in [0.1, 0.15) is 19.3 Å². The van der Waals surface area contributed by atoms with Gasteiger partial charge in [0.15, 0.2) is 12.2 Å². The molecular formula is C59H114O17P2. The number of esters is 4. The average molecular weight is 1160 g/mol. The minimum atomic E-state index is -4.94. The number of carbonyl (C=O) groups excluding carboxylic acids is 4. The van der Waals surface area contributed by atoms with Gasteiger partial charge in [-0.25, -0.2) is 9.13 Å². The van der Waals surface area contributed by atoms with Crippen molar-refractivity contribution in [1.29, 1.82) is 0 Å². The lowest BCUT2D eigenvalue weighted by atomic mass is 10.0. The van der Waals surface area contributed by atoms with E-state index < -0.39 is 97.5 Å². The number of hydrogen-bond donors (Lipinski definition) is 3. The van der Waals surface area contributed by atoms with Gasteiger partial charge in [-0.15, -0.1) is 0 Å². The molecule has 0 saturated carbocycles. The molecule has 17 nitrogen and oxygen atoms in total. The molecule has 2 unspecified atom stereocenters. The highest BCUT2D eigenvalue weighted by Crippen LogP contribution is 2.45. The van der Waals surface area contributed by atoms with Crippen LogP contribution in [0, 0.1) is 5.92 Å². The van der Waals surface area contributed by atoms with E-state index in [9.17, 15) is 43.2 Å². The first-order valence-electron chi connectivity index (χ1n) is 31.1. The maximum Gasteiger partial charge on any atom is 0.472 e. The van der Waals surface area contributed by atoms with Crippen molar-refractivity contribution in [3.8, 4) is 0 Å². The normalized spacial score (nSPS) is 14.4. The van der Waals surface area contributed by atoms with E-state index in [-0.39, 0.29) is 25.7 Å². The number of phosphoric acid groups is 2. The summed E-state index contributed by atoms with van der Waals surface area (Å²) in [6.45, 7) is 7.03. The summed E-state index contributed by atoms with van der Waals surface area (Å²) in [4.78, 5) is 71.5. The van der Waals surface area contributed by atoms with Crippen molar-refractivity contribution in [2.24, 2.45) is 5.92 Å². The fourth-order valence-corrected chi connectivity index (χ4v) is 10.3. The van der Waals surface area contributed by atoms with E-state index in [1.807, 2.05) is 0 Å². The summed E-state index contributed by atoms with van der Waals surface area (Å²) in [5, 5.41) is 10.5. The highest BCUT2D eigenvalue weighted by molar-refractivity contribution is 7.47. The van der Waals surface area contributed by atoms with Crippen LogP contribution >= 0.6 is 15.6 Å². The van der Waals surface area contributed by atoms with Gasteiger partial charge in [0, 0.05) is 25.7 Å². The topological polar surface area (TPSA) is 237 Å². The van der Waals surface area contributed by atoms with E-state index in [1.165, 1.54) is 96.3 Å². The lowest BCUT2D eigenvalue weighted by Gasteiger charge is -2.21. The van der Waals surface area contributed by atoms with Crippen LogP contribution in [0.3, 0.4) is 0 Å². The van der Waals surface area contributed by atoms with Crippen molar-refractivity contribution in [2.75, 3.05) is 39.6 Å². The maximum absolute atomic E-state index is 12.9. The van der Waals surface area contributed by atoms with Gasteiger partial charge >= 0.3 is 39.5 Å². The molecule has 0 saturated heterocycles. The lowest BCUT2D eigenvalue weighted by molar-refractivity contribution is -0.161. The summed E-state index contributed by atoms with van der Waals surface area (Å²) in [6, 6.07) is 0. The van der Waals surface area contributed by atoms with Crippen LogP contribution in [0.4, 0.5) is 0 Å². The van der Waals surface area contributed by atoms with Gasteiger partial charge in [-0.3, -0.25) is 37.3 Å². The van der Waals surface area contributed by atoms with Crippen LogP contribution in [-0.4, -0.2) is 96.7 Å². The molecule has 78 heavy (non-hydrogen) atoms. The van der Waals surface area contributed by atoms with E-state index in [2.05, 4.69) is 34.6 Å². The van der Waals surface area contributed by atoms with E-state index >= 15 is 0 Å². The van der Waals surface area contributed by atoms with Crippen LogP contribution in [0.2, 0.25) is 0 Å². The SMILES string of the molecule is CCCCCCCCCCCC(=O)OC[C@H](COP(=O)(O)OC[C@@H](O)COP(=O)(O)OC[C@@H](COC(=O)CCCCCCC)OC(=O)CCCCCCCCC)OC(=O)CCCCCCCCCCCCCCCCC(C)C. The first kappa shape index (κ1) is 76.1. The summed E-state index contributed by atoms with van der Waals surface area (Å²) in [5.41, 5.74) is 0. The van der Waals surface area contributed by atoms with E-state index in [1.54, 1.807) is 0 Å². The molecule has 19 heteroatoms.